The molecule has 0 radical (unpaired) electrons. The predicted molar refractivity (Wildman–Crippen MR) is 72.8 cm³/mol. The van der Waals surface area contributed by atoms with Gasteiger partial charge in [0.25, 0.3) is 0 Å². The predicted octanol–water partition coefficient (Wildman–Crippen LogP) is 3.15. The van der Waals surface area contributed by atoms with Gasteiger partial charge in [-0.15, -0.1) is 0 Å². The number of nitrogens with one attached hydrogen (secondary N) is 1. The van der Waals surface area contributed by atoms with E-state index >= 15 is 0 Å². The summed E-state index contributed by atoms with van der Waals surface area (Å²) in [6, 6.07) is 3.43. The number of anilines is 1. The van der Waals surface area contributed by atoms with Crippen molar-refractivity contribution < 1.29 is 13.7 Å². The molecule has 1 N–H and O–H groups in total. The number of hydrogen-bond acceptors (Lipinski definition) is 5. The molecule has 0 amide bonds. The van der Waals surface area contributed by atoms with E-state index in [4.69, 9.17) is 0 Å². The van der Waals surface area contributed by atoms with Gasteiger partial charge in [-0.1, -0.05) is 13.0 Å². The van der Waals surface area contributed by atoms with Crippen LogP contribution in [-0.2, 0) is 0 Å². The van der Waals surface area contributed by atoms with E-state index < -0.39 is 22.2 Å². The number of benzene rings is 1. The van der Waals surface area contributed by atoms with Crippen molar-refractivity contribution in [3.05, 3.63) is 46.1 Å². The van der Waals surface area contributed by atoms with E-state index in [9.17, 15) is 18.9 Å². The van der Waals surface area contributed by atoms with Gasteiger partial charge in [0.1, 0.15) is 6.20 Å². The molecule has 2 aromatic rings. The molecular formula is C13H12F2N4O2. The van der Waals surface area contributed by atoms with Crippen molar-refractivity contribution in [3.8, 4) is 11.3 Å². The summed E-state index contributed by atoms with van der Waals surface area (Å²) in [6.07, 6.45) is 1.77. The van der Waals surface area contributed by atoms with Crippen LogP contribution in [0.25, 0.3) is 11.3 Å². The Balaban J connectivity index is 2.57. The fourth-order valence-electron chi connectivity index (χ4n) is 1.72. The van der Waals surface area contributed by atoms with Crippen LogP contribution < -0.4 is 5.32 Å². The summed E-state index contributed by atoms with van der Waals surface area (Å²) in [6.45, 7) is 2.48. The molecule has 0 aliphatic rings. The zero-order chi connectivity index (χ0) is 15.4. The molecule has 110 valence electrons. The number of nitrogens with zero attached hydrogens (tertiary/aromatic N) is 3. The van der Waals surface area contributed by atoms with Crippen molar-refractivity contribution in [3.63, 3.8) is 0 Å². The third kappa shape index (κ3) is 3.10. The Labute approximate surface area is 119 Å². The Kier molecular flexibility index (Phi) is 4.36. The lowest BCUT2D eigenvalue weighted by atomic mass is 10.1. The van der Waals surface area contributed by atoms with Crippen LogP contribution in [0.4, 0.5) is 20.4 Å². The van der Waals surface area contributed by atoms with Crippen LogP contribution in [-0.4, -0.2) is 21.4 Å². The minimum absolute atomic E-state index is 0.126. The maximum absolute atomic E-state index is 13.8. The van der Waals surface area contributed by atoms with Crippen LogP contribution in [0.5, 0.6) is 0 Å². The van der Waals surface area contributed by atoms with Crippen molar-refractivity contribution >= 4 is 11.6 Å². The molecule has 0 fully saturated rings. The van der Waals surface area contributed by atoms with Crippen molar-refractivity contribution in [2.45, 2.75) is 13.3 Å². The second-order valence-electron chi connectivity index (χ2n) is 4.21. The summed E-state index contributed by atoms with van der Waals surface area (Å²) >= 11 is 0. The van der Waals surface area contributed by atoms with Crippen LogP contribution in [0.1, 0.15) is 13.3 Å². The second kappa shape index (κ2) is 6.21. The molecule has 0 atom stereocenters. The molecule has 0 aliphatic carbocycles. The summed E-state index contributed by atoms with van der Waals surface area (Å²) in [5.41, 5.74) is -1.02. The first-order valence-electron chi connectivity index (χ1n) is 6.24. The zero-order valence-corrected chi connectivity index (χ0v) is 11.1. The average Bonchev–Trinajstić information content (AvgIpc) is 2.47. The molecule has 8 heteroatoms. The Hall–Kier alpha value is -2.64. The van der Waals surface area contributed by atoms with Gasteiger partial charge in [0.2, 0.25) is 5.95 Å². The Morgan fingerprint density at radius 1 is 1.38 bits per heavy atom. The summed E-state index contributed by atoms with van der Waals surface area (Å²) < 4.78 is 27.1. The number of aromatic nitrogens is 2. The van der Waals surface area contributed by atoms with Gasteiger partial charge in [-0.25, -0.2) is 18.7 Å². The highest BCUT2D eigenvalue weighted by Crippen LogP contribution is 2.30. The lowest BCUT2D eigenvalue weighted by Gasteiger charge is -2.07. The van der Waals surface area contributed by atoms with Crippen LogP contribution >= 0.6 is 0 Å². The highest BCUT2D eigenvalue weighted by Gasteiger charge is 2.22. The number of hydrogen-bond donors (Lipinski definition) is 1. The molecule has 2 rings (SSSR count). The molecule has 0 unspecified atom stereocenters. The number of nitro groups is 1. The normalized spacial score (nSPS) is 10.4. The summed E-state index contributed by atoms with van der Waals surface area (Å²) in [5, 5.41) is 13.8. The highest BCUT2D eigenvalue weighted by atomic mass is 19.2. The molecule has 1 heterocycles. The smallest absolute Gasteiger partial charge is 0.313 e. The van der Waals surface area contributed by atoms with E-state index in [1.54, 1.807) is 0 Å². The molecule has 1 aromatic heterocycles. The van der Waals surface area contributed by atoms with E-state index in [1.807, 2.05) is 6.92 Å². The molecular weight excluding hydrogens is 282 g/mol. The van der Waals surface area contributed by atoms with Crippen LogP contribution in [0, 0.1) is 21.7 Å². The van der Waals surface area contributed by atoms with Gasteiger partial charge in [0.15, 0.2) is 17.3 Å². The lowest BCUT2D eigenvalue weighted by molar-refractivity contribution is -0.384. The van der Waals surface area contributed by atoms with E-state index in [0.29, 0.717) is 6.54 Å². The molecule has 0 bridgehead atoms. The van der Waals surface area contributed by atoms with Crippen molar-refractivity contribution in [1.82, 2.24) is 9.97 Å². The van der Waals surface area contributed by atoms with E-state index in [1.165, 1.54) is 12.1 Å². The maximum atomic E-state index is 13.8. The third-order valence-electron chi connectivity index (χ3n) is 2.71. The van der Waals surface area contributed by atoms with Crippen molar-refractivity contribution in [2.75, 3.05) is 11.9 Å². The fraction of sp³-hybridized carbons (Fsp3) is 0.231. The molecule has 0 aliphatic heterocycles. The average molecular weight is 294 g/mol. The molecule has 0 spiro atoms. The van der Waals surface area contributed by atoms with Gasteiger partial charge in [-0.05, 0) is 18.6 Å². The molecule has 0 saturated carbocycles. The first kappa shape index (κ1) is 14.8. The number of rotatable bonds is 5. The summed E-state index contributed by atoms with van der Waals surface area (Å²) in [5.74, 6) is -2.15. The SMILES string of the molecule is CCCNc1ncc([N+](=O)[O-])c(-c2cccc(F)c2F)n1. The van der Waals surface area contributed by atoms with Crippen LogP contribution in [0.2, 0.25) is 0 Å². The zero-order valence-electron chi connectivity index (χ0n) is 11.1. The molecule has 0 saturated heterocycles. The second-order valence-corrected chi connectivity index (χ2v) is 4.21. The third-order valence-corrected chi connectivity index (χ3v) is 2.71. The van der Waals surface area contributed by atoms with Gasteiger partial charge in [0, 0.05) is 12.1 Å². The van der Waals surface area contributed by atoms with Crippen molar-refractivity contribution in [1.29, 1.82) is 0 Å². The van der Waals surface area contributed by atoms with Gasteiger partial charge >= 0.3 is 5.69 Å². The van der Waals surface area contributed by atoms with Gasteiger partial charge in [-0.3, -0.25) is 10.1 Å². The molecule has 1 aromatic carbocycles. The largest absolute Gasteiger partial charge is 0.354 e. The first-order chi connectivity index (χ1) is 10.0. The first-order valence-corrected chi connectivity index (χ1v) is 6.24. The van der Waals surface area contributed by atoms with Gasteiger partial charge < -0.3 is 5.32 Å². The van der Waals surface area contributed by atoms with E-state index in [0.717, 1.165) is 18.7 Å². The maximum Gasteiger partial charge on any atom is 0.313 e. The summed E-state index contributed by atoms with van der Waals surface area (Å²) in [4.78, 5) is 18.0. The molecule has 6 nitrogen and oxygen atoms in total. The van der Waals surface area contributed by atoms with Crippen LogP contribution in [0.3, 0.4) is 0 Å². The topological polar surface area (TPSA) is 81.0 Å². The molecule has 21 heavy (non-hydrogen) atoms. The van der Waals surface area contributed by atoms with Gasteiger partial charge in [-0.2, -0.15) is 0 Å². The summed E-state index contributed by atoms with van der Waals surface area (Å²) in [7, 11) is 0. The van der Waals surface area contributed by atoms with E-state index in [2.05, 4.69) is 15.3 Å². The lowest BCUT2D eigenvalue weighted by Crippen LogP contribution is -2.07. The minimum Gasteiger partial charge on any atom is -0.354 e. The minimum atomic E-state index is -1.18. The highest BCUT2D eigenvalue weighted by molar-refractivity contribution is 5.70. The fourth-order valence-corrected chi connectivity index (χ4v) is 1.72. The van der Waals surface area contributed by atoms with E-state index in [-0.39, 0.29) is 17.2 Å². The Morgan fingerprint density at radius 3 is 2.81 bits per heavy atom. The Bertz CT molecular complexity index is 679. The van der Waals surface area contributed by atoms with Gasteiger partial charge in [0.05, 0.1) is 4.92 Å². The van der Waals surface area contributed by atoms with Crippen molar-refractivity contribution in [2.24, 2.45) is 0 Å². The monoisotopic (exact) mass is 294 g/mol. The van der Waals surface area contributed by atoms with Crippen LogP contribution in [0.15, 0.2) is 24.4 Å². The standard InChI is InChI=1S/C13H12F2N4O2/c1-2-6-16-13-17-7-10(19(20)21)12(18-13)8-4-3-5-9(14)11(8)15/h3-5,7H,2,6H2,1H3,(H,16,17,18). The quantitative estimate of drug-likeness (QED) is 0.676. The number of halogens is 2. The Morgan fingerprint density at radius 2 is 2.14 bits per heavy atom.